The molecule has 0 saturated carbocycles. The Hall–Kier alpha value is -2.84. The predicted molar refractivity (Wildman–Crippen MR) is 109 cm³/mol. The van der Waals surface area contributed by atoms with Crippen LogP contribution in [0.2, 0.25) is 5.02 Å². The minimum atomic E-state index is -0.544. The molecule has 9 heteroatoms. The number of nitrogens with zero attached hydrogens (tertiary/aromatic N) is 1. The van der Waals surface area contributed by atoms with Crippen LogP contribution in [0.5, 0.6) is 0 Å². The molecular weight excluding hydrogens is 403 g/mol. The molecule has 0 bridgehead atoms. The van der Waals surface area contributed by atoms with E-state index in [9.17, 15) is 14.0 Å². The first-order chi connectivity index (χ1) is 13.5. The van der Waals surface area contributed by atoms with Gasteiger partial charge in [0.25, 0.3) is 5.56 Å². The number of hydrogen-bond donors (Lipinski definition) is 3. The van der Waals surface area contributed by atoms with Crippen LogP contribution in [0.15, 0.2) is 46.3 Å². The van der Waals surface area contributed by atoms with Crippen molar-refractivity contribution in [3.05, 3.63) is 63.3 Å². The van der Waals surface area contributed by atoms with Gasteiger partial charge in [0.05, 0.1) is 22.7 Å². The summed E-state index contributed by atoms with van der Waals surface area (Å²) in [7, 11) is 0. The van der Waals surface area contributed by atoms with Gasteiger partial charge < -0.3 is 15.6 Å². The zero-order valence-electron chi connectivity index (χ0n) is 14.6. The fourth-order valence-corrected chi connectivity index (χ4v) is 3.75. The molecule has 1 amide bonds. The molecule has 0 unspecified atom stereocenters. The molecule has 3 heterocycles. The lowest BCUT2D eigenvalue weighted by molar-refractivity contribution is -0.115. The van der Waals surface area contributed by atoms with Gasteiger partial charge in [-0.1, -0.05) is 11.6 Å². The Morgan fingerprint density at radius 1 is 1.18 bits per heavy atom. The fourth-order valence-electron chi connectivity index (χ4n) is 3.05. The SMILES string of the molecule is CSc1[nH]c(=O)c(-c2cc(Cl)ccc2F)cc1Nc1ccnc2c1CC(=O)N2. The van der Waals surface area contributed by atoms with Crippen molar-refractivity contribution in [3.63, 3.8) is 0 Å². The van der Waals surface area contributed by atoms with Crippen molar-refractivity contribution in [2.24, 2.45) is 0 Å². The van der Waals surface area contributed by atoms with Crippen molar-refractivity contribution in [3.8, 4) is 11.1 Å². The topological polar surface area (TPSA) is 86.9 Å². The molecule has 0 aliphatic carbocycles. The predicted octanol–water partition coefficient (Wildman–Crippen LogP) is 4.19. The molecule has 0 fully saturated rings. The standard InChI is InChI=1S/C19H14ClFN4O2S/c1-28-19-15(23-14-4-5-22-17-12(14)8-16(26)24-17)7-11(18(27)25-19)10-6-9(20)2-3-13(10)21/h2-7H,8H2,1H3,(H,25,27)(H2,22,23,24,26). The Bertz CT molecular complexity index is 1170. The van der Waals surface area contributed by atoms with Crippen LogP contribution in [0.4, 0.5) is 21.6 Å². The number of carbonyl (C=O) groups excluding carboxylic acids is 1. The van der Waals surface area contributed by atoms with Gasteiger partial charge >= 0.3 is 0 Å². The number of pyridine rings is 2. The molecule has 142 valence electrons. The highest BCUT2D eigenvalue weighted by Gasteiger charge is 2.23. The van der Waals surface area contributed by atoms with Gasteiger partial charge in [-0.25, -0.2) is 9.37 Å². The molecule has 0 saturated heterocycles. The number of rotatable bonds is 4. The van der Waals surface area contributed by atoms with Crippen molar-refractivity contribution < 1.29 is 9.18 Å². The lowest BCUT2D eigenvalue weighted by Gasteiger charge is -2.14. The van der Waals surface area contributed by atoms with Crippen LogP contribution in [-0.4, -0.2) is 22.1 Å². The van der Waals surface area contributed by atoms with Crippen molar-refractivity contribution in [2.45, 2.75) is 11.4 Å². The summed E-state index contributed by atoms with van der Waals surface area (Å²) < 4.78 is 14.3. The van der Waals surface area contributed by atoms with Crippen LogP contribution in [0.3, 0.4) is 0 Å². The van der Waals surface area contributed by atoms with Gasteiger partial charge in [0.1, 0.15) is 11.6 Å². The molecule has 3 N–H and O–H groups in total. The number of fused-ring (bicyclic) bond motifs is 1. The van der Waals surface area contributed by atoms with E-state index in [-0.39, 0.29) is 23.5 Å². The third-order valence-corrected chi connectivity index (χ3v) is 5.31. The minimum absolute atomic E-state index is 0.112. The summed E-state index contributed by atoms with van der Waals surface area (Å²) in [5, 5.41) is 6.84. The van der Waals surface area contributed by atoms with Crippen molar-refractivity contribution in [1.82, 2.24) is 9.97 Å². The maximum Gasteiger partial charge on any atom is 0.256 e. The maximum absolute atomic E-state index is 14.3. The van der Waals surface area contributed by atoms with Gasteiger partial charge in [-0.2, -0.15) is 0 Å². The molecule has 2 aromatic heterocycles. The number of halogens is 2. The highest BCUT2D eigenvalue weighted by atomic mass is 35.5. The quantitative estimate of drug-likeness (QED) is 0.555. The summed E-state index contributed by atoms with van der Waals surface area (Å²) in [6.45, 7) is 0. The number of hydrogen-bond acceptors (Lipinski definition) is 5. The third-order valence-electron chi connectivity index (χ3n) is 4.35. The second-order valence-corrected chi connectivity index (χ2v) is 7.37. The average Bonchev–Trinajstić information content (AvgIpc) is 3.06. The first-order valence-electron chi connectivity index (χ1n) is 8.27. The van der Waals surface area contributed by atoms with E-state index in [1.165, 1.54) is 30.0 Å². The number of nitrogens with one attached hydrogen (secondary N) is 3. The summed E-state index contributed by atoms with van der Waals surface area (Å²) in [6.07, 6.45) is 3.60. The number of amides is 1. The van der Waals surface area contributed by atoms with Gasteiger partial charge in [0, 0.05) is 28.0 Å². The fraction of sp³-hybridized carbons (Fsp3) is 0.105. The molecule has 0 radical (unpaired) electrons. The van der Waals surface area contributed by atoms with Gasteiger partial charge in [0.15, 0.2) is 0 Å². The molecular formula is C19H14ClFN4O2S. The minimum Gasteiger partial charge on any atom is -0.353 e. The van der Waals surface area contributed by atoms with Gasteiger partial charge in [-0.3, -0.25) is 9.59 Å². The Kier molecular flexibility index (Phi) is 4.82. The highest BCUT2D eigenvalue weighted by molar-refractivity contribution is 7.98. The maximum atomic E-state index is 14.3. The Morgan fingerprint density at radius 3 is 2.79 bits per heavy atom. The third kappa shape index (κ3) is 3.36. The zero-order valence-corrected chi connectivity index (χ0v) is 16.2. The first kappa shape index (κ1) is 18.5. The average molecular weight is 417 g/mol. The second-order valence-electron chi connectivity index (χ2n) is 6.12. The number of benzene rings is 1. The van der Waals surface area contributed by atoms with Gasteiger partial charge in [-0.15, -0.1) is 11.8 Å². The first-order valence-corrected chi connectivity index (χ1v) is 9.88. The number of carbonyl (C=O) groups is 1. The zero-order chi connectivity index (χ0) is 19.8. The number of anilines is 3. The van der Waals surface area contributed by atoms with Crippen molar-refractivity contribution in [2.75, 3.05) is 16.9 Å². The highest BCUT2D eigenvalue weighted by Crippen LogP contribution is 2.34. The summed E-state index contributed by atoms with van der Waals surface area (Å²) >= 11 is 7.32. The Balaban J connectivity index is 1.82. The summed E-state index contributed by atoms with van der Waals surface area (Å²) in [6, 6.07) is 7.38. The summed E-state index contributed by atoms with van der Waals surface area (Å²) in [5.74, 6) is -0.173. The van der Waals surface area contributed by atoms with Crippen LogP contribution in [0, 0.1) is 5.82 Å². The van der Waals surface area contributed by atoms with E-state index in [1.807, 2.05) is 6.26 Å². The lowest BCUT2D eigenvalue weighted by Crippen LogP contribution is -2.12. The van der Waals surface area contributed by atoms with Crippen LogP contribution in [0.25, 0.3) is 11.1 Å². The second kappa shape index (κ2) is 7.29. The molecule has 1 aliphatic rings. The van der Waals surface area contributed by atoms with E-state index in [0.29, 0.717) is 27.2 Å². The van der Waals surface area contributed by atoms with E-state index in [2.05, 4.69) is 20.6 Å². The molecule has 1 aliphatic heterocycles. The lowest BCUT2D eigenvalue weighted by atomic mass is 10.1. The number of thioether (sulfide) groups is 1. The molecule has 0 spiro atoms. The van der Waals surface area contributed by atoms with Crippen molar-refractivity contribution in [1.29, 1.82) is 0 Å². The Morgan fingerprint density at radius 2 is 2.00 bits per heavy atom. The number of aromatic amines is 1. The van der Waals surface area contributed by atoms with Crippen LogP contribution < -0.4 is 16.2 Å². The van der Waals surface area contributed by atoms with E-state index in [1.54, 1.807) is 18.3 Å². The molecule has 6 nitrogen and oxygen atoms in total. The largest absolute Gasteiger partial charge is 0.353 e. The molecule has 28 heavy (non-hydrogen) atoms. The van der Waals surface area contributed by atoms with Crippen molar-refractivity contribution >= 4 is 46.5 Å². The van der Waals surface area contributed by atoms with E-state index in [4.69, 9.17) is 11.6 Å². The molecule has 1 aromatic carbocycles. The van der Waals surface area contributed by atoms with E-state index >= 15 is 0 Å². The van der Waals surface area contributed by atoms with Crippen LogP contribution in [0.1, 0.15) is 5.56 Å². The smallest absolute Gasteiger partial charge is 0.256 e. The van der Waals surface area contributed by atoms with Crippen LogP contribution >= 0.6 is 23.4 Å². The molecule has 3 aromatic rings. The molecule has 4 rings (SSSR count). The van der Waals surface area contributed by atoms with Gasteiger partial charge in [0.2, 0.25) is 5.91 Å². The van der Waals surface area contributed by atoms with E-state index in [0.717, 1.165) is 5.56 Å². The van der Waals surface area contributed by atoms with Gasteiger partial charge in [-0.05, 0) is 36.6 Å². The normalized spacial score (nSPS) is 12.6. The summed E-state index contributed by atoms with van der Waals surface area (Å²) in [4.78, 5) is 31.2. The monoisotopic (exact) mass is 416 g/mol. The molecule has 0 atom stereocenters. The van der Waals surface area contributed by atoms with Crippen LogP contribution in [-0.2, 0) is 11.2 Å². The van der Waals surface area contributed by atoms with E-state index < -0.39 is 11.4 Å². The number of H-pyrrole nitrogens is 1. The summed E-state index contributed by atoms with van der Waals surface area (Å²) in [5.41, 5.74) is 1.84. The number of aromatic nitrogens is 2. The Labute approximate surface area is 168 Å².